The van der Waals surface area contributed by atoms with Gasteiger partial charge in [-0.3, -0.25) is 4.79 Å². The number of rotatable bonds is 7. The van der Waals surface area contributed by atoms with Crippen LogP contribution in [0.2, 0.25) is 5.02 Å². The molecule has 2 aromatic carbocycles. The maximum atomic E-state index is 12.2. The van der Waals surface area contributed by atoms with Crippen molar-refractivity contribution in [2.75, 3.05) is 26.1 Å². The maximum Gasteiger partial charge on any atom is 0.262 e. The number of hydrogen-bond acceptors (Lipinski definition) is 4. The Morgan fingerprint density at radius 2 is 1.84 bits per heavy atom. The number of aryl methyl sites for hydroxylation is 1. The Balaban J connectivity index is 2.05. The Kier molecular flexibility index (Phi) is 6.96. The SMILES string of the molecule is CCc1ccc(OCC(=O)Nc2cc(OC)c(Cl)cc2OC)c(Br)c1. The van der Waals surface area contributed by atoms with E-state index in [9.17, 15) is 4.79 Å². The van der Waals surface area contributed by atoms with Gasteiger partial charge in [-0.15, -0.1) is 0 Å². The summed E-state index contributed by atoms with van der Waals surface area (Å²) in [5.41, 5.74) is 1.64. The van der Waals surface area contributed by atoms with Gasteiger partial charge in [-0.2, -0.15) is 0 Å². The number of hydrogen-bond donors (Lipinski definition) is 1. The molecule has 0 radical (unpaired) electrons. The van der Waals surface area contributed by atoms with Crippen molar-refractivity contribution in [1.29, 1.82) is 0 Å². The molecule has 0 unspecified atom stereocenters. The first-order valence-electron chi connectivity index (χ1n) is 7.61. The molecule has 0 spiro atoms. The molecule has 134 valence electrons. The molecule has 0 aromatic heterocycles. The van der Waals surface area contributed by atoms with Crippen molar-refractivity contribution < 1.29 is 19.0 Å². The molecule has 0 saturated carbocycles. The summed E-state index contributed by atoms with van der Waals surface area (Å²) in [6, 6.07) is 8.95. The van der Waals surface area contributed by atoms with Gasteiger partial charge in [-0.05, 0) is 40.0 Å². The van der Waals surface area contributed by atoms with Crippen LogP contribution in [0.25, 0.3) is 0 Å². The molecule has 7 heteroatoms. The van der Waals surface area contributed by atoms with E-state index in [0.717, 1.165) is 10.9 Å². The molecule has 25 heavy (non-hydrogen) atoms. The van der Waals surface area contributed by atoms with E-state index in [1.54, 1.807) is 12.1 Å². The van der Waals surface area contributed by atoms with Crippen LogP contribution < -0.4 is 19.5 Å². The van der Waals surface area contributed by atoms with Crippen LogP contribution in [0.4, 0.5) is 5.69 Å². The molecule has 2 aromatic rings. The van der Waals surface area contributed by atoms with E-state index in [0.29, 0.717) is 28.0 Å². The number of carbonyl (C=O) groups is 1. The van der Waals surface area contributed by atoms with Crippen LogP contribution in [0.3, 0.4) is 0 Å². The highest BCUT2D eigenvalue weighted by molar-refractivity contribution is 9.10. The molecule has 0 saturated heterocycles. The Hall–Kier alpha value is -1.92. The molecule has 0 bridgehead atoms. The van der Waals surface area contributed by atoms with Crippen molar-refractivity contribution in [3.8, 4) is 17.2 Å². The molecule has 2 rings (SSSR count). The molecule has 0 aliphatic rings. The molecule has 0 aliphatic carbocycles. The second-order valence-corrected chi connectivity index (χ2v) is 6.40. The van der Waals surface area contributed by atoms with E-state index < -0.39 is 0 Å². The Bertz CT molecular complexity index is 767. The number of ether oxygens (including phenoxy) is 3. The van der Waals surface area contributed by atoms with Crippen LogP contribution in [0, 0.1) is 0 Å². The van der Waals surface area contributed by atoms with E-state index in [2.05, 4.69) is 28.2 Å². The topological polar surface area (TPSA) is 56.8 Å². The van der Waals surface area contributed by atoms with Gasteiger partial charge in [0.15, 0.2) is 6.61 Å². The summed E-state index contributed by atoms with van der Waals surface area (Å²) in [6.07, 6.45) is 0.928. The third-order valence-electron chi connectivity index (χ3n) is 3.51. The van der Waals surface area contributed by atoms with Crippen LogP contribution in [0.15, 0.2) is 34.8 Å². The smallest absolute Gasteiger partial charge is 0.262 e. The summed E-state index contributed by atoms with van der Waals surface area (Å²) >= 11 is 9.50. The number of nitrogens with one attached hydrogen (secondary N) is 1. The van der Waals surface area contributed by atoms with Gasteiger partial charge in [0.25, 0.3) is 5.91 Å². The van der Waals surface area contributed by atoms with E-state index in [4.69, 9.17) is 25.8 Å². The monoisotopic (exact) mass is 427 g/mol. The van der Waals surface area contributed by atoms with Gasteiger partial charge >= 0.3 is 0 Å². The average molecular weight is 429 g/mol. The van der Waals surface area contributed by atoms with Crippen molar-refractivity contribution in [3.63, 3.8) is 0 Å². The van der Waals surface area contributed by atoms with Gasteiger partial charge in [0.1, 0.15) is 17.2 Å². The minimum Gasteiger partial charge on any atom is -0.495 e. The predicted molar refractivity (Wildman–Crippen MR) is 102 cm³/mol. The fourth-order valence-corrected chi connectivity index (χ4v) is 2.94. The van der Waals surface area contributed by atoms with Crippen molar-refractivity contribution >= 4 is 39.1 Å². The molecule has 0 heterocycles. The lowest BCUT2D eigenvalue weighted by Gasteiger charge is -2.14. The lowest BCUT2D eigenvalue weighted by atomic mass is 10.2. The first kappa shape index (κ1) is 19.4. The highest BCUT2D eigenvalue weighted by Crippen LogP contribution is 2.35. The fraction of sp³-hybridized carbons (Fsp3) is 0.278. The summed E-state index contributed by atoms with van der Waals surface area (Å²) in [4.78, 5) is 12.2. The van der Waals surface area contributed by atoms with Crippen molar-refractivity contribution in [3.05, 3.63) is 45.4 Å². The van der Waals surface area contributed by atoms with Crippen LogP contribution in [-0.4, -0.2) is 26.7 Å². The molecule has 0 fully saturated rings. The summed E-state index contributed by atoms with van der Waals surface area (Å²) < 4.78 is 16.8. The van der Waals surface area contributed by atoms with Gasteiger partial charge in [-0.1, -0.05) is 24.6 Å². The average Bonchev–Trinajstić information content (AvgIpc) is 2.61. The standard InChI is InChI=1S/C18H19BrClNO4/c1-4-11-5-6-15(12(19)7-11)25-10-18(22)21-14-9-16(23-2)13(20)8-17(14)24-3/h5-9H,4,10H2,1-3H3,(H,21,22). The second kappa shape index (κ2) is 8.97. The lowest BCUT2D eigenvalue weighted by molar-refractivity contribution is -0.118. The van der Waals surface area contributed by atoms with Gasteiger partial charge in [0.05, 0.1) is 29.4 Å². The number of halogens is 2. The van der Waals surface area contributed by atoms with Crippen LogP contribution in [0.1, 0.15) is 12.5 Å². The van der Waals surface area contributed by atoms with Gasteiger partial charge in [-0.25, -0.2) is 0 Å². The molecular formula is C18H19BrClNO4. The number of amides is 1. The third-order valence-corrected chi connectivity index (χ3v) is 4.43. The fourth-order valence-electron chi connectivity index (χ4n) is 2.17. The minimum atomic E-state index is -0.325. The van der Waals surface area contributed by atoms with Crippen LogP contribution in [0.5, 0.6) is 17.2 Å². The largest absolute Gasteiger partial charge is 0.495 e. The Morgan fingerprint density at radius 3 is 2.44 bits per heavy atom. The highest BCUT2D eigenvalue weighted by Gasteiger charge is 2.13. The van der Waals surface area contributed by atoms with Crippen molar-refractivity contribution in [2.24, 2.45) is 0 Å². The van der Waals surface area contributed by atoms with Gasteiger partial charge in [0, 0.05) is 12.1 Å². The van der Waals surface area contributed by atoms with Crippen molar-refractivity contribution in [1.82, 2.24) is 0 Å². The highest BCUT2D eigenvalue weighted by atomic mass is 79.9. The predicted octanol–water partition coefficient (Wildman–Crippen LogP) is 4.70. The Labute approximate surface area is 160 Å². The maximum absolute atomic E-state index is 12.2. The Morgan fingerprint density at radius 1 is 1.12 bits per heavy atom. The first-order chi connectivity index (χ1) is 12.0. The molecule has 5 nitrogen and oxygen atoms in total. The summed E-state index contributed by atoms with van der Waals surface area (Å²) in [5.74, 6) is 1.16. The molecule has 1 amide bonds. The number of methoxy groups -OCH3 is 2. The number of carbonyl (C=O) groups excluding carboxylic acids is 1. The van der Waals surface area contributed by atoms with E-state index in [-0.39, 0.29) is 12.5 Å². The summed E-state index contributed by atoms with van der Waals surface area (Å²) in [7, 11) is 3.00. The summed E-state index contributed by atoms with van der Waals surface area (Å²) in [5, 5.41) is 3.13. The first-order valence-corrected chi connectivity index (χ1v) is 8.78. The third kappa shape index (κ3) is 5.03. The molecule has 0 atom stereocenters. The summed E-state index contributed by atoms with van der Waals surface area (Å²) in [6.45, 7) is 1.93. The number of anilines is 1. The van der Waals surface area contributed by atoms with Crippen molar-refractivity contribution in [2.45, 2.75) is 13.3 Å². The van der Waals surface area contributed by atoms with Gasteiger partial charge < -0.3 is 19.5 Å². The molecular weight excluding hydrogens is 410 g/mol. The lowest BCUT2D eigenvalue weighted by Crippen LogP contribution is -2.20. The van der Waals surface area contributed by atoms with E-state index in [1.807, 2.05) is 18.2 Å². The van der Waals surface area contributed by atoms with E-state index in [1.165, 1.54) is 19.8 Å². The molecule has 1 N–H and O–H groups in total. The molecule has 0 aliphatic heterocycles. The normalized spacial score (nSPS) is 10.3. The zero-order chi connectivity index (χ0) is 18.4. The van der Waals surface area contributed by atoms with Gasteiger partial charge in [0.2, 0.25) is 0 Å². The minimum absolute atomic E-state index is 0.141. The second-order valence-electron chi connectivity index (χ2n) is 5.14. The van der Waals surface area contributed by atoms with E-state index >= 15 is 0 Å². The zero-order valence-corrected chi connectivity index (χ0v) is 16.5. The zero-order valence-electron chi connectivity index (χ0n) is 14.2. The van der Waals surface area contributed by atoms with Crippen LogP contribution >= 0.6 is 27.5 Å². The quantitative estimate of drug-likeness (QED) is 0.694. The van der Waals surface area contributed by atoms with Crippen LogP contribution in [-0.2, 0) is 11.2 Å². The number of benzene rings is 2.